The first-order valence-electron chi connectivity index (χ1n) is 7.13. The lowest BCUT2D eigenvalue weighted by Crippen LogP contribution is -2.48. The normalized spacial score (nSPS) is 19.1. The van der Waals surface area contributed by atoms with E-state index >= 15 is 0 Å². The molecule has 1 saturated heterocycles. The molecule has 4 nitrogen and oxygen atoms in total. The lowest BCUT2D eigenvalue weighted by molar-refractivity contribution is 0.0687. The lowest BCUT2D eigenvalue weighted by atomic mass is 10.0. The Kier molecular flexibility index (Phi) is 4.95. The molecule has 0 bridgehead atoms. The summed E-state index contributed by atoms with van der Waals surface area (Å²) in [6, 6.07) is 4.18. The van der Waals surface area contributed by atoms with Crippen molar-refractivity contribution in [3.8, 4) is 5.75 Å². The number of hydrogen-bond donors (Lipinski definition) is 2. The van der Waals surface area contributed by atoms with E-state index in [1.165, 1.54) is 18.2 Å². The fraction of sp³-hybridized carbons (Fsp3) is 0.533. The predicted molar refractivity (Wildman–Crippen MR) is 75.3 cm³/mol. The highest BCUT2D eigenvalue weighted by molar-refractivity contribution is 5.97. The molecule has 2 N–H and O–H groups in total. The van der Waals surface area contributed by atoms with E-state index < -0.39 is 11.7 Å². The number of rotatable bonds is 4. The first-order valence-corrected chi connectivity index (χ1v) is 7.13. The molecule has 0 aromatic heterocycles. The number of phenols is 1. The van der Waals surface area contributed by atoms with Gasteiger partial charge < -0.3 is 15.3 Å². The highest BCUT2D eigenvalue weighted by atomic mass is 19.1. The highest BCUT2D eigenvalue weighted by Gasteiger charge is 2.27. The van der Waals surface area contributed by atoms with Crippen molar-refractivity contribution in [1.82, 2.24) is 10.2 Å². The van der Waals surface area contributed by atoms with E-state index in [2.05, 4.69) is 12.2 Å². The van der Waals surface area contributed by atoms with Gasteiger partial charge in [0.2, 0.25) is 0 Å². The molecule has 20 heavy (non-hydrogen) atoms. The number of phenolic OH excluding ortho intramolecular Hbond substituents is 1. The molecule has 2 rings (SSSR count). The topological polar surface area (TPSA) is 52.6 Å². The number of nitrogens with zero attached hydrogens (tertiary/aromatic N) is 1. The molecule has 1 unspecified atom stereocenters. The molecule has 0 spiro atoms. The van der Waals surface area contributed by atoms with Gasteiger partial charge in [0.05, 0.1) is 0 Å². The Morgan fingerprint density at radius 2 is 2.35 bits per heavy atom. The molecule has 110 valence electrons. The van der Waals surface area contributed by atoms with Gasteiger partial charge in [0.25, 0.3) is 5.91 Å². The molecule has 1 heterocycles. The van der Waals surface area contributed by atoms with Crippen LogP contribution >= 0.6 is 0 Å². The minimum absolute atomic E-state index is 0.219. The predicted octanol–water partition coefficient (Wildman–Crippen LogP) is 2.14. The molecular formula is C15H21FN2O2. The number of aromatic hydroxyl groups is 1. The average Bonchev–Trinajstić information content (AvgIpc) is 2.45. The molecule has 1 aliphatic rings. The first kappa shape index (κ1) is 14.8. The van der Waals surface area contributed by atoms with Crippen LogP contribution in [0.1, 0.15) is 36.5 Å². The second kappa shape index (κ2) is 6.70. The van der Waals surface area contributed by atoms with Crippen molar-refractivity contribution in [2.75, 3.05) is 19.6 Å². The van der Waals surface area contributed by atoms with Crippen molar-refractivity contribution < 1.29 is 14.3 Å². The minimum Gasteiger partial charge on any atom is -0.507 e. The van der Waals surface area contributed by atoms with Gasteiger partial charge in [0, 0.05) is 19.1 Å². The van der Waals surface area contributed by atoms with Crippen LogP contribution in [-0.4, -0.2) is 41.6 Å². The number of halogens is 1. The van der Waals surface area contributed by atoms with Crippen LogP contribution < -0.4 is 5.32 Å². The summed E-state index contributed by atoms with van der Waals surface area (Å²) in [6.07, 6.45) is 2.95. The van der Waals surface area contributed by atoms with E-state index in [9.17, 15) is 14.3 Å². The second-order valence-electron chi connectivity index (χ2n) is 5.18. The summed E-state index contributed by atoms with van der Waals surface area (Å²) in [5.41, 5.74) is -0.219. The number of carbonyl (C=O) groups is 1. The van der Waals surface area contributed by atoms with Crippen molar-refractivity contribution in [1.29, 1.82) is 0 Å². The summed E-state index contributed by atoms with van der Waals surface area (Å²) in [7, 11) is 0. The van der Waals surface area contributed by atoms with E-state index in [1.807, 2.05) is 0 Å². The van der Waals surface area contributed by atoms with Gasteiger partial charge in [-0.2, -0.15) is 0 Å². The van der Waals surface area contributed by atoms with Gasteiger partial charge in [-0.05, 0) is 37.9 Å². The standard InChI is InChI=1S/C15H21FN2O2/c1-2-8-17-11-5-4-9-18(10-11)15(20)14-12(16)6-3-7-13(14)19/h3,6-7,11,17,19H,2,4-5,8-10H2,1H3. The molecule has 0 radical (unpaired) electrons. The Labute approximate surface area is 118 Å². The van der Waals surface area contributed by atoms with E-state index in [4.69, 9.17) is 0 Å². The number of carbonyl (C=O) groups excluding carboxylic acids is 1. The zero-order valence-electron chi connectivity index (χ0n) is 11.7. The van der Waals surface area contributed by atoms with Gasteiger partial charge in [0.1, 0.15) is 17.1 Å². The summed E-state index contributed by atoms with van der Waals surface area (Å²) in [5.74, 6) is -1.39. The third-order valence-electron chi connectivity index (χ3n) is 3.60. The van der Waals surface area contributed by atoms with Crippen LogP contribution in [0.2, 0.25) is 0 Å². The van der Waals surface area contributed by atoms with Gasteiger partial charge in [0.15, 0.2) is 0 Å². The molecule has 1 atom stereocenters. The van der Waals surface area contributed by atoms with Crippen molar-refractivity contribution in [2.45, 2.75) is 32.2 Å². The number of amides is 1. The summed E-state index contributed by atoms with van der Waals surface area (Å²) >= 11 is 0. The number of hydrogen-bond acceptors (Lipinski definition) is 3. The van der Waals surface area contributed by atoms with Crippen LogP contribution in [0, 0.1) is 5.82 Å². The van der Waals surface area contributed by atoms with Crippen molar-refractivity contribution in [3.05, 3.63) is 29.6 Å². The Balaban J connectivity index is 2.08. The van der Waals surface area contributed by atoms with Crippen molar-refractivity contribution >= 4 is 5.91 Å². The zero-order valence-corrected chi connectivity index (χ0v) is 11.7. The maximum atomic E-state index is 13.7. The van der Waals surface area contributed by atoms with Gasteiger partial charge in [-0.3, -0.25) is 4.79 Å². The van der Waals surface area contributed by atoms with Gasteiger partial charge in [-0.15, -0.1) is 0 Å². The Morgan fingerprint density at radius 1 is 1.55 bits per heavy atom. The lowest BCUT2D eigenvalue weighted by Gasteiger charge is -2.33. The highest BCUT2D eigenvalue weighted by Crippen LogP contribution is 2.23. The summed E-state index contributed by atoms with van der Waals surface area (Å²) < 4.78 is 13.7. The largest absolute Gasteiger partial charge is 0.507 e. The summed E-state index contributed by atoms with van der Waals surface area (Å²) in [4.78, 5) is 14.0. The van der Waals surface area contributed by atoms with Crippen LogP contribution in [0.4, 0.5) is 4.39 Å². The van der Waals surface area contributed by atoms with E-state index in [0.29, 0.717) is 13.1 Å². The van der Waals surface area contributed by atoms with Gasteiger partial charge in [-0.1, -0.05) is 13.0 Å². The Hall–Kier alpha value is -1.62. The van der Waals surface area contributed by atoms with Crippen LogP contribution in [0.15, 0.2) is 18.2 Å². The fourth-order valence-corrected chi connectivity index (χ4v) is 2.56. The van der Waals surface area contributed by atoms with E-state index in [0.717, 1.165) is 25.8 Å². The molecule has 0 aliphatic carbocycles. The number of benzene rings is 1. The second-order valence-corrected chi connectivity index (χ2v) is 5.18. The smallest absolute Gasteiger partial charge is 0.260 e. The summed E-state index contributed by atoms with van der Waals surface area (Å²) in [5, 5.41) is 13.1. The average molecular weight is 280 g/mol. The van der Waals surface area contributed by atoms with E-state index in [-0.39, 0.29) is 17.4 Å². The molecule has 1 aliphatic heterocycles. The molecule has 5 heteroatoms. The van der Waals surface area contributed by atoms with Crippen molar-refractivity contribution in [3.63, 3.8) is 0 Å². The molecule has 1 aromatic rings. The molecule has 0 saturated carbocycles. The minimum atomic E-state index is -0.668. The van der Waals surface area contributed by atoms with Crippen LogP contribution in [0.25, 0.3) is 0 Å². The number of likely N-dealkylation sites (tertiary alicyclic amines) is 1. The maximum absolute atomic E-state index is 13.7. The molecular weight excluding hydrogens is 259 g/mol. The fourth-order valence-electron chi connectivity index (χ4n) is 2.56. The van der Waals surface area contributed by atoms with Crippen LogP contribution in [0.5, 0.6) is 5.75 Å². The van der Waals surface area contributed by atoms with Crippen LogP contribution in [-0.2, 0) is 0 Å². The first-order chi connectivity index (χ1) is 9.63. The van der Waals surface area contributed by atoms with E-state index in [1.54, 1.807) is 4.90 Å². The maximum Gasteiger partial charge on any atom is 0.260 e. The quantitative estimate of drug-likeness (QED) is 0.888. The number of nitrogens with one attached hydrogen (secondary N) is 1. The SMILES string of the molecule is CCCNC1CCCN(C(=O)c2c(O)cccc2F)C1. The third kappa shape index (κ3) is 3.28. The van der Waals surface area contributed by atoms with Gasteiger partial charge in [-0.25, -0.2) is 4.39 Å². The Bertz CT molecular complexity index is 459. The van der Waals surface area contributed by atoms with Crippen molar-refractivity contribution in [2.24, 2.45) is 0 Å². The zero-order chi connectivity index (χ0) is 14.5. The van der Waals surface area contributed by atoms with Crippen LogP contribution in [0.3, 0.4) is 0 Å². The Morgan fingerprint density at radius 3 is 3.05 bits per heavy atom. The molecule has 1 fully saturated rings. The molecule has 1 amide bonds. The third-order valence-corrected chi connectivity index (χ3v) is 3.60. The summed E-state index contributed by atoms with van der Waals surface area (Å²) in [6.45, 7) is 4.18. The van der Waals surface area contributed by atoms with Gasteiger partial charge >= 0.3 is 0 Å². The monoisotopic (exact) mass is 280 g/mol. The molecule has 1 aromatic carbocycles. The number of piperidine rings is 1.